The molecule has 3 rings (SSSR count). The van der Waals surface area contributed by atoms with Crippen molar-refractivity contribution in [1.82, 2.24) is 20.5 Å². The van der Waals surface area contributed by atoms with E-state index in [1.165, 1.54) is 0 Å². The van der Waals surface area contributed by atoms with Crippen molar-refractivity contribution in [1.29, 1.82) is 0 Å². The number of hydrogen-bond acceptors (Lipinski definition) is 4. The molecule has 0 atom stereocenters. The lowest BCUT2D eigenvalue weighted by molar-refractivity contribution is 0.0950. The topological polar surface area (TPSA) is 79.9 Å². The molecule has 0 saturated heterocycles. The van der Waals surface area contributed by atoms with Crippen molar-refractivity contribution in [2.24, 2.45) is 0 Å². The highest BCUT2D eigenvalue weighted by Gasteiger charge is 2.12. The molecule has 128 valence electrons. The number of rotatable bonds is 5. The van der Waals surface area contributed by atoms with Gasteiger partial charge in [0.2, 0.25) is 5.88 Å². The number of carbonyl (C=O) groups is 1. The van der Waals surface area contributed by atoms with Crippen molar-refractivity contribution < 1.29 is 9.53 Å². The van der Waals surface area contributed by atoms with Gasteiger partial charge in [0.25, 0.3) is 5.91 Å². The first-order valence-electron chi connectivity index (χ1n) is 7.97. The number of amides is 1. The normalized spacial score (nSPS) is 10.5. The third-order valence-electron chi connectivity index (χ3n) is 4.02. The van der Waals surface area contributed by atoms with Gasteiger partial charge in [-0.3, -0.25) is 9.89 Å². The van der Waals surface area contributed by atoms with E-state index >= 15 is 0 Å². The molecule has 2 heterocycles. The van der Waals surface area contributed by atoms with Crippen molar-refractivity contribution in [3.63, 3.8) is 0 Å². The summed E-state index contributed by atoms with van der Waals surface area (Å²) in [6, 6.07) is 11.2. The number of nitrogens with zero attached hydrogens (tertiary/aromatic N) is 2. The van der Waals surface area contributed by atoms with Crippen LogP contribution in [0.3, 0.4) is 0 Å². The van der Waals surface area contributed by atoms with E-state index in [1.807, 2.05) is 38.1 Å². The number of aryl methyl sites for hydroxylation is 2. The fourth-order valence-corrected chi connectivity index (χ4v) is 2.70. The summed E-state index contributed by atoms with van der Waals surface area (Å²) >= 11 is 0. The zero-order valence-electron chi connectivity index (χ0n) is 14.5. The second-order valence-electron chi connectivity index (χ2n) is 5.80. The molecule has 1 aromatic carbocycles. The van der Waals surface area contributed by atoms with Gasteiger partial charge in [-0.25, -0.2) is 4.98 Å². The van der Waals surface area contributed by atoms with Crippen LogP contribution in [0.4, 0.5) is 0 Å². The third kappa shape index (κ3) is 3.68. The minimum Gasteiger partial charge on any atom is -0.481 e. The zero-order valence-corrected chi connectivity index (χ0v) is 14.5. The Kier molecular flexibility index (Phi) is 4.79. The van der Waals surface area contributed by atoms with Gasteiger partial charge in [0, 0.05) is 29.6 Å². The van der Waals surface area contributed by atoms with Crippen LogP contribution in [0.25, 0.3) is 11.3 Å². The van der Waals surface area contributed by atoms with Crippen molar-refractivity contribution in [2.45, 2.75) is 20.4 Å². The first-order chi connectivity index (χ1) is 12.1. The number of nitrogens with one attached hydrogen (secondary N) is 2. The SMILES string of the molecule is COc1nc(C)cc(C)c1CNC(=O)c1ccc(-c2ccn[nH]2)cc1. The number of benzene rings is 1. The summed E-state index contributed by atoms with van der Waals surface area (Å²) in [4.78, 5) is 16.8. The van der Waals surface area contributed by atoms with Crippen LogP contribution < -0.4 is 10.1 Å². The fraction of sp³-hybridized carbons (Fsp3) is 0.211. The molecular formula is C19H20N4O2. The second kappa shape index (κ2) is 7.17. The molecule has 0 aliphatic rings. The van der Waals surface area contributed by atoms with Gasteiger partial charge in [0.15, 0.2) is 0 Å². The highest BCUT2D eigenvalue weighted by Crippen LogP contribution is 2.21. The molecule has 0 bridgehead atoms. The predicted molar refractivity (Wildman–Crippen MR) is 95.5 cm³/mol. The first-order valence-corrected chi connectivity index (χ1v) is 7.97. The molecule has 1 amide bonds. The average Bonchev–Trinajstić information content (AvgIpc) is 3.15. The molecule has 6 nitrogen and oxygen atoms in total. The number of pyridine rings is 1. The molecule has 2 aromatic heterocycles. The Morgan fingerprint density at radius 2 is 1.96 bits per heavy atom. The quantitative estimate of drug-likeness (QED) is 0.750. The van der Waals surface area contributed by atoms with Crippen LogP contribution >= 0.6 is 0 Å². The van der Waals surface area contributed by atoms with E-state index in [1.54, 1.807) is 25.4 Å². The lowest BCUT2D eigenvalue weighted by atomic mass is 10.1. The van der Waals surface area contributed by atoms with E-state index in [4.69, 9.17) is 4.74 Å². The van der Waals surface area contributed by atoms with E-state index in [2.05, 4.69) is 20.5 Å². The Balaban J connectivity index is 1.71. The minimum atomic E-state index is -0.141. The van der Waals surface area contributed by atoms with E-state index < -0.39 is 0 Å². The van der Waals surface area contributed by atoms with E-state index in [9.17, 15) is 4.79 Å². The minimum absolute atomic E-state index is 0.141. The smallest absolute Gasteiger partial charge is 0.251 e. The molecular weight excluding hydrogens is 316 g/mol. The van der Waals surface area contributed by atoms with Crippen LogP contribution in [-0.2, 0) is 6.54 Å². The predicted octanol–water partition coefficient (Wildman–Crippen LogP) is 3.03. The van der Waals surface area contributed by atoms with E-state index in [-0.39, 0.29) is 5.91 Å². The summed E-state index contributed by atoms with van der Waals surface area (Å²) in [5.41, 5.74) is 5.31. The second-order valence-corrected chi connectivity index (χ2v) is 5.80. The standard InChI is InChI=1S/C19H20N4O2/c1-12-10-13(2)22-19(25-3)16(12)11-20-18(24)15-6-4-14(5-7-15)17-8-9-21-23-17/h4-10H,11H2,1-3H3,(H,20,24)(H,21,23). The molecule has 0 spiro atoms. The lowest BCUT2D eigenvalue weighted by Gasteiger charge is -2.13. The van der Waals surface area contributed by atoms with Crippen molar-refractivity contribution in [3.05, 3.63) is 65.0 Å². The summed E-state index contributed by atoms with van der Waals surface area (Å²) in [5, 5.41) is 9.75. The summed E-state index contributed by atoms with van der Waals surface area (Å²) < 4.78 is 5.33. The Morgan fingerprint density at radius 3 is 2.60 bits per heavy atom. The van der Waals surface area contributed by atoms with Gasteiger partial charge in [-0.2, -0.15) is 5.10 Å². The molecule has 0 saturated carbocycles. The van der Waals surface area contributed by atoms with Crippen LogP contribution in [0.1, 0.15) is 27.2 Å². The largest absolute Gasteiger partial charge is 0.481 e. The molecule has 2 N–H and O–H groups in total. The number of hydrogen-bond donors (Lipinski definition) is 2. The number of methoxy groups -OCH3 is 1. The Morgan fingerprint density at radius 1 is 1.20 bits per heavy atom. The number of carbonyl (C=O) groups excluding carboxylic acids is 1. The molecule has 0 aliphatic heterocycles. The van der Waals surface area contributed by atoms with Crippen LogP contribution in [0.5, 0.6) is 5.88 Å². The Hall–Kier alpha value is -3.15. The van der Waals surface area contributed by atoms with Crippen LogP contribution in [0.2, 0.25) is 0 Å². The molecule has 6 heteroatoms. The number of ether oxygens (including phenoxy) is 1. The van der Waals surface area contributed by atoms with Crippen molar-refractivity contribution >= 4 is 5.91 Å². The monoisotopic (exact) mass is 336 g/mol. The maximum Gasteiger partial charge on any atom is 0.251 e. The lowest BCUT2D eigenvalue weighted by Crippen LogP contribution is -2.23. The summed E-state index contributed by atoms with van der Waals surface area (Å²) in [6.07, 6.45) is 1.70. The van der Waals surface area contributed by atoms with E-state index in [0.717, 1.165) is 28.1 Å². The molecule has 0 unspecified atom stereocenters. The van der Waals surface area contributed by atoms with Crippen molar-refractivity contribution in [3.8, 4) is 17.1 Å². The molecule has 0 radical (unpaired) electrons. The molecule has 3 aromatic rings. The van der Waals surface area contributed by atoms with Gasteiger partial charge >= 0.3 is 0 Å². The fourth-order valence-electron chi connectivity index (χ4n) is 2.70. The molecule has 0 fully saturated rings. The Labute approximate surface area is 146 Å². The van der Waals surface area contributed by atoms with Gasteiger partial charge in [0.1, 0.15) is 0 Å². The van der Waals surface area contributed by atoms with Gasteiger partial charge < -0.3 is 10.1 Å². The van der Waals surface area contributed by atoms with Crippen LogP contribution in [0.15, 0.2) is 42.6 Å². The van der Waals surface area contributed by atoms with Crippen molar-refractivity contribution in [2.75, 3.05) is 7.11 Å². The van der Waals surface area contributed by atoms with Gasteiger partial charge in [0.05, 0.1) is 12.8 Å². The van der Waals surface area contributed by atoms with Crippen LogP contribution in [0, 0.1) is 13.8 Å². The average molecular weight is 336 g/mol. The molecule has 25 heavy (non-hydrogen) atoms. The van der Waals surface area contributed by atoms with Gasteiger partial charge in [-0.15, -0.1) is 0 Å². The zero-order chi connectivity index (χ0) is 17.8. The number of H-pyrrole nitrogens is 1. The summed E-state index contributed by atoms with van der Waals surface area (Å²) in [5.74, 6) is 0.408. The highest BCUT2D eigenvalue weighted by molar-refractivity contribution is 5.94. The summed E-state index contributed by atoms with van der Waals surface area (Å²) in [6.45, 7) is 4.26. The maximum absolute atomic E-state index is 12.4. The van der Waals surface area contributed by atoms with Gasteiger partial charge in [-0.05, 0) is 49.2 Å². The number of aromatic nitrogens is 3. The third-order valence-corrected chi connectivity index (χ3v) is 4.02. The molecule has 0 aliphatic carbocycles. The van der Waals surface area contributed by atoms with E-state index in [0.29, 0.717) is 18.0 Å². The Bertz CT molecular complexity index is 871. The highest BCUT2D eigenvalue weighted by atomic mass is 16.5. The summed E-state index contributed by atoms with van der Waals surface area (Å²) in [7, 11) is 1.58. The first kappa shape index (κ1) is 16.7. The van der Waals surface area contributed by atoms with Crippen LogP contribution in [-0.4, -0.2) is 28.2 Å². The van der Waals surface area contributed by atoms with Gasteiger partial charge in [-0.1, -0.05) is 12.1 Å². The maximum atomic E-state index is 12.4. The number of aromatic amines is 1.